The summed E-state index contributed by atoms with van der Waals surface area (Å²) in [5.41, 5.74) is 6.32. The maximum absolute atomic E-state index is 11.2. The first-order valence-corrected chi connectivity index (χ1v) is 5.67. The molecule has 5 heteroatoms. The van der Waals surface area contributed by atoms with Crippen LogP contribution in [-0.2, 0) is 11.2 Å². The molecule has 0 spiro atoms. The van der Waals surface area contributed by atoms with Gasteiger partial charge in [0.05, 0.1) is 6.04 Å². The zero-order valence-corrected chi connectivity index (χ0v) is 11.0. The van der Waals surface area contributed by atoms with Crippen LogP contribution in [0.4, 0.5) is 0 Å². The number of nitrogens with two attached hydrogens (primary N) is 1. The number of furan rings is 1. The Morgan fingerprint density at radius 2 is 2.17 bits per heavy atom. The minimum absolute atomic E-state index is 0. The summed E-state index contributed by atoms with van der Waals surface area (Å²) in [6.45, 7) is 2.21. The van der Waals surface area contributed by atoms with E-state index in [2.05, 4.69) is 5.32 Å². The molecular formula is C13H17ClN2O2. The van der Waals surface area contributed by atoms with Crippen molar-refractivity contribution in [2.75, 3.05) is 6.54 Å². The Kier molecular flexibility index (Phi) is 5.19. The van der Waals surface area contributed by atoms with E-state index < -0.39 is 6.04 Å². The lowest BCUT2D eigenvalue weighted by Gasteiger charge is -2.05. The minimum Gasteiger partial charge on any atom is -0.461 e. The van der Waals surface area contributed by atoms with Crippen molar-refractivity contribution in [3.63, 3.8) is 0 Å². The van der Waals surface area contributed by atoms with Crippen molar-refractivity contribution in [2.45, 2.75) is 19.4 Å². The van der Waals surface area contributed by atoms with Crippen molar-refractivity contribution >= 4 is 29.3 Å². The quantitative estimate of drug-likeness (QED) is 0.889. The van der Waals surface area contributed by atoms with Crippen molar-refractivity contribution in [3.05, 3.63) is 36.1 Å². The highest BCUT2D eigenvalue weighted by Gasteiger charge is 2.07. The lowest BCUT2D eigenvalue weighted by molar-refractivity contribution is -0.121. The molecule has 1 aromatic heterocycles. The molecule has 0 saturated carbocycles. The highest BCUT2D eigenvalue weighted by Crippen LogP contribution is 2.18. The molecule has 1 aromatic carbocycles. The van der Waals surface area contributed by atoms with Gasteiger partial charge in [0, 0.05) is 18.4 Å². The predicted molar refractivity (Wildman–Crippen MR) is 73.8 cm³/mol. The van der Waals surface area contributed by atoms with Crippen LogP contribution in [0.2, 0.25) is 0 Å². The molecule has 0 bridgehead atoms. The molecule has 2 rings (SSSR count). The van der Waals surface area contributed by atoms with Gasteiger partial charge in [-0.25, -0.2) is 0 Å². The predicted octanol–water partition coefficient (Wildman–Crippen LogP) is 1.86. The molecule has 18 heavy (non-hydrogen) atoms. The second kappa shape index (κ2) is 6.42. The number of para-hydroxylation sites is 1. The Morgan fingerprint density at radius 1 is 1.44 bits per heavy atom. The number of rotatable bonds is 4. The Balaban J connectivity index is 0.00000162. The maximum atomic E-state index is 11.2. The van der Waals surface area contributed by atoms with Crippen molar-refractivity contribution in [1.82, 2.24) is 5.32 Å². The molecule has 98 valence electrons. The van der Waals surface area contributed by atoms with E-state index >= 15 is 0 Å². The van der Waals surface area contributed by atoms with Gasteiger partial charge in [0.25, 0.3) is 0 Å². The highest BCUT2D eigenvalue weighted by molar-refractivity contribution is 5.85. The summed E-state index contributed by atoms with van der Waals surface area (Å²) in [4.78, 5) is 11.2. The topological polar surface area (TPSA) is 68.3 Å². The molecule has 3 N–H and O–H groups in total. The first-order chi connectivity index (χ1) is 8.16. The number of halogens is 1. The number of benzene rings is 1. The molecular weight excluding hydrogens is 252 g/mol. The van der Waals surface area contributed by atoms with Gasteiger partial charge in [0.2, 0.25) is 5.91 Å². The third-order valence-electron chi connectivity index (χ3n) is 2.56. The molecule has 0 fully saturated rings. The zero-order chi connectivity index (χ0) is 12.3. The highest BCUT2D eigenvalue weighted by atomic mass is 35.5. The van der Waals surface area contributed by atoms with Gasteiger partial charge in [-0.2, -0.15) is 0 Å². The van der Waals surface area contributed by atoms with Crippen molar-refractivity contribution in [1.29, 1.82) is 0 Å². The van der Waals surface area contributed by atoms with Gasteiger partial charge >= 0.3 is 0 Å². The van der Waals surface area contributed by atoms with E-state index in [4.69, 9.17) is 10.2 Å². The van der Waals surface area contributed by atoms with Gasteiger partial charge in [0.15, 0.2) is 0 Å². The summed E-state index contributed by atoms with van der Waals surface area (Å²) >= 11 is 0. The Morgan fingerprint density at radius 3 is 2.83 bits per heavy atom. The first kappa shape index (κ1) is 14.5. The number of nitrogens with one attached hydrogen (secondary N) is 1. The van der Waals surface area contributed by atoms with Crippen LogP contribution in [0.1, 0.15) is 12.7 Å². The molecule has 0 aliphatic heterocycles. The third-order valence-corrected chi connectivity index (χ3v) is 2.56. The summed E-state index contributed by atoms with van der Waals surface area (Å²) in [7, 11) is 0. The second-order valence-corrected chi connectivity index (χ2v) is 4.08. The van der Waals surface area contributed by atoms with Crippen molar-refractivity contribution in [2.24, 2.45) is 5.73 Å². The first-order valence-electron chi connectivity index (χ1n) is 5.67. The molecule has 1 atom stereocenters. The monoisotopic (exact) mass is 268 g/mol. The van der Waals surface area contributed by atoms with Crippen molar-refractivity contribution in [3.8, 4) is 0 Å². The summed E-state index contributed by atoms with van der Waals surface area (Å²) in [5, 5.41) is 3.84. The van der Waals surface area contributed by atoms with Crippen LogP contribution < -0.4 is 11.1 Å². The fourth-order valence-corrected chi connectivity index (χ4v) is 1.63. The number of fused-ring (bicyclic) bond motifs is 1. The molecule has 1 heterocycles. The molecule has 2 aromatic rings. The van der Waals surface area contributed by atoms with E-state index in [1.807, 2.05) is 30.3 Å². The van der Waals surface area contributed by atoms with Crippen LogP contribution in [0, 0.1) is 0 Å². The molecule has 0 saturated heterocycles. The van der Waals surface area contributed by atoms with Gasteiger partial charge in [-0.15, -0.1) is 12.4 Å². The largest absolute Gasteiger partial charge is 0.461 e. The van der Waals surface area contributed by atoms with Crippen LogP contribution in [0.15, 0.2) is 34.7 Å². The van der Waals surface area contributed by atoms with E-state index in [0.717, 1.165) is 16.7 Å². The average molecular weight is 269 g/mol. The van der Waals surface area contributed by atoms with Crippen LogP contribution in [0.5, 0.6) is 0 Å². The SMILES string of the molecule is C[C@H](N)C(=O)NCCc1cc2ccccc2o1.Cl. The normalized spacial score (nSPS) is 11.9. The van der Waals surface area contributed by atoms with E-state index in [-0.39, 0.29) is 18.3 Å². The van der Waals surface area contributed by atoms with E-state index in [1.165, 1.54) is 0 Å². The minimum atomic E-state index is -0.467. The van der Waals surface area contributed by atoms with Gasteiger partial charge in [-0.3, -0.25) is 4.79 Å². The number of hydrogen-bond donors (Lipinski definition) is 2. The molecule has 0 aliphatic carbocycles. The van der Waals surface area contributed by atoms with Crippen LogP contribution >= 0.6 is 12.4 Å². The van der Waals surface area contributed by atoms with Crippen molar-refractivity contribution < 1.29 is 9.21 Å². The van der Waals surface area contributed by atoms with Crippen LogP contribution in [-0.4, -0.2) is 18.5 Å². The second-order valence-electron chi connectivity index (χ2n) is 4.08. The molecule has 0 aliphatic rings. The van der Waals surface area contributed by atoms with Gasteiger partial charge < -0.3 is 15.5 Å². The van der Waals surface area contributed by atoms with Gasteiger partial charge in [0.1, 0.15) is 11.3 Å². The number of carbonyl (C=O) groups excluding carboxylic acids is 1. The summed E-state index contributed by atoms with van der Waals surface area (Å²) in [6, 6.07) is 9.37. The van der Waals surface area contributed by atoms with Gasteiger partial charge in [-0.1, -0.05) is 18.2 Å². The smallest absolute Gasteiger partial charge is 0.236 e. The summed E-state index contributed by atoms with van der Waals surface area (Å²) in [6.07, 6.45) is 0.674. The molecule has 0 radical (unpaired) electrons. The lowest BCUT2D eigenvalue weighted by Crippen LogP contribution is -2.39. The number of amides is 1. The fourth-order valence-electron chi connectivity index (χ4n) is 1.63. The maximum Gasteiger partial charge on any atom is 0.236 e. The third kappa shape index (κ3) is 3.48. The standard InChI is InChI=1S/C13H16N2O2.ClH/c1-9(14)13(16)15-7-6-11-8-10-4-2-3-5-12(10)17-11;/h2-5,8-9H,6-7,14H2,1H3,(H,15,16);1H/t9-;/m0./s1. The average Bonchev–Trinajstić information content (AvgIpc) is 2.71. The van der Waals surface area contributed by atoms with E-state index in [0.29, 0.717) is 13.0 Å². The fraction of sp³-hybridized carbons (Fsp3) is 0.308. The van der Waals surface area contributed by atoms with Gasteiger partial charge in [-0.05, 0) is 19.1 Å². The summed E-state index contributed by atoms with van der Waals surface area (Å²) < 4.78 is 5.63. The summed E-state index contributed by atoms with van der Waals surface area (Å²) in [5.74, 6) is 0.734. The van der Waals surface area contributed by atoms with E-state index in [9.17, 15) is 4.79 Å². The van der Waals surface area contributed by atoms with Crippen LogP contribution in [0.25, 0.3) is 11.0 Å². The Bertz CT molecular complexity index is 489. The Hall–Kier alpha value is -1.52. The molecule has 4 nitrogen and oxygen atoms in total. The lowest BCUT2D eigenvalue weighted by atomic mass is 10.2. The zero-order valence-electron chi connectivity index (χ0n) is 10.2. The molecule has 1 amide bonds. The molecule has 0 unspecified atom stereocenters. The number of carbonyl (C=O) groups is 1. The Labute approximate surface area is 112 Å². The van der Waals surface area contributed by atoms with E-state index in [1.54, 1.807) is 6.92 Å². The number of hydrogen-bond acceptors (Lipinski definition) is 3. The van der Waals surface area contributed by atoms with Crippen LogP contribution in [0.3, 0.4) is 0 Å².